The third-order valence-corrected chi connectivity index (χ3v) is 3.91. The molecule has 1 heterocycles. The second kappa shape index (κ2) is 4.80. The quantitative estimate of drug-likeness (QED) is 0.807. The summed E-state index contributed by atoms with van der Waals surface area (Å²) in [6.45, 7) is 8.45. The Bertz CT molecular complexity index is 607. The Morgan fingerprint density at radius 1 is 1.37 bits per heavy atom. The number of rotatable bonds is 3. The molecule has 19 heavy (non-hydrogen) atoms. The third kappa shape index (κ3) is 2.86. The molecule has 2 nitrogen and oxygen atoms in total. The smallest absolute Gasteiger partial charge is 0.165 e. The van der Waals surface area contributed by atoms with E-state index in [0.717, 1.165) is 5.52 Å². The summed E-state index contributed by atoms with van der Waals surface area (Å²) < 4.78 is 13.3. The van der Waals surface area contributed by atoms with E-state index in [-0.39, 0.29) is 22.9 Å². The van der Waals surface area contributed by atoms with Gasteiger partial charge in [-0.3, -0.25) is 4.79 Å². The molecular formula is C16H20FNO. The molecule has 0 aliphatic rings. The van der Waals surface area contributed by atoms with Crippen LogP contribution >= 0.6 is 0 Å². The number of carbonyl (C=O) groups excluding carboxylic acids is 1. The molecule has 2 rings (SSSR count). The Hall–Kier alpha value is -1.64. The topological polar surface area (TPSA) is 32.9 Å². The lowest BCUT2D eigenvalue weighted by Gasteiger charge is -2.26. The monoisotopic (exact) mass is 261 g/mol. The van der Waals surface area contributed by atoms with Crippen LogP contribution in [0.1, 0.15) is 44.5 Å². The van der Waals surface area contributed by atoms with Gasteiger partial charge in [0.25, 0.3) is 0 Å². The number of nitrogens with one attached hydrogen (secondary N) is 1. The highest BCUT2D eigenvalue weighted by molar-refractivity contribution is 6.07. The van der Waals surface area contributed by atoms with Crippen molar-refractivity contribution >= 4 is 16.7 Å². The van der Waals surface area contributed by atoms with Gasteiger partial charge in [0.15, 0.2) is 5.78 Å². The molecule has 0 spiro atoms. The van der Waals surface area contributed by atoms with Crippen LogP contribution in [0.4, 0.5) is 4.39 Å². The van der Waals surface area contributed by atoms with Gasteiger partial charge in [-0.15, -0.1) is 0 Å². The van der Waals surface area contributed by atoms with E-state index in [1.807, 2.05) is 0 Å². The van der Waals surface area contributed by atoms with E-state index in [1.165, 1.54) is 12.1 Å². The summed E-state index contributed by atoms with van der Waals surface area (Å²) in [7, 11) is 0. The summed E-state index contributed by atoms with van der Waals surface area (Å²) in [6.07, 6.45) is 2.16. The van der Waals surface area contributed by atoms with E-state index in [1.54, 1.807) is 12.3 Å². The number of aromatic nitrogens is 1. The number of ketones is 1. The van der Waals surface area contributed by atoms with Crippen LogP contribution in [0.5, 0.6) is 0 Å². The lowest BCUT2D eigenvalue weighted by atomic mass is 9.78. The highest BCUT2D eigenvalue weighted by Gasteiger charge is 2.24. The average molecular weight is 261 g/mol. The summed E-state index contributed by atoms with van der Waals surface area (Å²) >= 11 is 0. The molecule has 0 aliphatic heterocycles. The molecule has 1 aromatic heterocycles. The van der Waals surface area contributed by atoms with E-state index >= 15 is 0 Å². The van der Waals surface area contributed by atoms with Crippen LogP contribution in [0.2, 0.25) is 0 Å². The maximum absolute atomic E-state index is 13.3. The Morgan fingerprint density at radius 2 is 2.05 bits per heavy atom. The van der Waals surface area contributed by atoms with Crippen molar-refractivity contribution in [3.05, 3.63) is 35.8 Å². The summed E-state index contributed by atoms with van der Waals surface area (Å²) in [6, 6.07) is 4.47. The standard InChI is InChI=1S/C16H20FNO/c1-10(16(2,3)4)7-15(19)13-9-18-14-6-5-11(17)8-12(13)14/h5-6,8-10,18H,7H2,1-4H3. The Morgan fingerprint density at radius 3 is 2.68 bits per heavy atom. The van der Waals surface area contributed by atoms with Gasteiger partial charge in [0, 0.05) is 29.1 Å². The molecule has 0 saturated carbocycles. The van der Waals surface area contributed by atoms with Crippen molar-refractivity contribution < 1.29 is 9.18 Å². The first kappa shape index (κ1) is 13.8. The van der Waals surface area contributed by atoms with Crippen LogP contribution < -0.4 is 0 Å². The number of aromatic amines is 1. The zero-order valence-electron chi connectivity index (χ0n) is 11.9. The molecule has 1 aromatic carbocycles. The van der Waals surface area contributed by atoms with Gasteiger partial charge >= 0.3 is 0 Å². The van der Waals surface area contributed by atoms with Crippen LogP contribution in [0, 0.1) is 17.2 Å². The van der Waals surface area contributed by atoms with Gasteiger partial charge in [-0.2, -0.15) is 0 Å². The number of hydrogen-bond donors (Lipinski definition) is 1. The first-order valence-corrected chi connectivity index (χ1v) is 6.59. The van der Waals surface area contributed by atoms with Crippen LogP contribution in [0.25, 0.3) is 10.9 Å². The maximum Gasteiger partial charge on any atom is 0.165 e. The number of Topliss-reactive ketones (excluding diaryl/α,β-unsaturated/α-hetero) is 1. The first-order chi connectivity index (χ1) is 8.79. The molecule has 1 N–H and O–H groups in total. The van der Waals surface area contributed by atoms with Crippen molar-refractivity contribution in [2.24, 2.45) is 11.3 Å². The molecule has 1 atom stereocenters. The normalized spacial score (nSPS) is 13.7. The molecule has 0 aliphatic carbocycles. The second-order valence-electron chi connectivity index (χ2n) is 6.29. The fourth-order valence-electron chi connectivity index (χ4n) is 2.02. The van der Waals surface area contributed by atoms with Crippen LogP contribution in [-0.4, -0.2) is 10.8 Å². The van der Waals surface area contributed by atoms with Crippen LogP contribution in [0.3, 0.4) is 0 Å². The minimum atomic E-state index is -0.315. The minimum absolute atomic E-state index is 0.0688. The van der Waals surface area contributed by atoms with Crippen LogP contribution in [-0.2, 0) is 0 Å². The summed E-state index contributed by atoms with van der Waals surface area (Å²) in [4.78, 5) is 15.4. The fraction of sp³-hybridized carbons (Fsp3) is 0.438. The van der Waals surface area contributed by atoms with Gasteiger partial charge in [-0.25, -0.2) is 4.39 Å². The summed E-state index contributed by atoms with van der Waals surface area (Å²) in [5.41, 5.74) is 1.48. The zero-order chi connectivity index (χ0) is 14.2. The molecule has 102 valence electrons. The van der Waals surface area contributed by atoms with Gasteiger partial charge < -0.3 is 4.98 Å². The number of carbonyl (C=O) groups is 1. The van der Waals surface area contributed by atoms with Crippen molar-refractivity contribution in [3.63, 3.8) is 0 Å². The largest absolute Gasteiger partial charge is 0.360 e. The molecule has 0 amide bonds. The lowest BCUT2D eigenvalue weighted by Crippen LogP contribution is -2.20. The molecule has 1 unspecified atom stereocenters. The van der Waals surface area contributed by atoms with Crippen LogP contribution in [0.15, 0.2) is 24.4 Å². The highest BCUT2D eigenvalue weighted by Crippen LogP contribution is 2.30. The number of H-pyrrole nitrogens is 1. The molecular weight excluding hydrogens is 241 g/mol. The van der Waals surface area contributed by atoms with Crippen molar-refractivity contribution in [2.75, 3.05) is 0 Å². The highest BCUT2D eigenvalue weighted by atomic mass is 19.1. The Labute approximate surface area is 113 Å². The number of fused-ring (bicyclic) bond motifs is 1. The Kier molecular flexibility index (Phi) is 3.48. The Balaban J connectivity index is 2.29. The summed E-state index contributed by atoms with van der Waals surface area (Å²) in [5, 5.41) is 0.672. The SMILES string of the molecule is CC(CC(=O)c1c[nH]c2ccc(F)cc12)C(C)(C)C. The number of halogens is 1. The van der Waals surface area contributed by atoms with E-state index in [9.17, 15) is 9.18 Å². The first-order valence-electron chi connectivity index (χ1n) is 6.59. The van der Waals surface area contributed by atoms with E-state index in [4.69, 9.17) is 0 Å². The number of hydrogen-bond acceptors (Lipinski definition) is 1. The zero-order valence-corrected chi connectivity index (χ0v) is 11.9. The van der Waals surface area contributed by atoms with E-state index in [0.29, 0.717) is 17.4 Å². The van der Waals surface area contributed by atoms with Gasteiger partial charge in [0.05, 0.1) is 0 Å². The van der Waals surface area contributed by atoms with Gasteiger partial charge in [-0.1, -0.05) is 27.7 Å². The molecule has 2 aromatic rings. The molecule has 3 heteroatoms. The van der Waals surface area contributed by atoms with Crippen molar-refractivity contribution in [2.45, 2.75) is 34.1 Å². The minimum Gasteiger partial charge on any atom is -0.360 e. The van der Waals surface area contributed by atoms with E-state index in [2.05, 4.69) is 32.7 Å². The second-order valence-corrected chi connectivity index (χ2v) is 6.29. The van der Waals surface area contributed by atoms with Gasteiger partial charge in [0.1, 0.15) is 5.82 Å². The van der Waals surface area contributed by atoms with Gasteiger partial charge in [-0.05, 0) is 29.5 Å². The third-order valence-electron chi connectivity index (χ3n) is 3.91. The molecule has 0 fully saturated rings. The average Bonchev–Trinajstić information content (AvgIpc) is 2.70. The predicted molar refractivity (Wildman–Crippen MR) is 75.8 cm³/mol. The van der Waals surface area contributed by atoms with E-state index < -0.39 is 0 Å². The molecule has 0 radical (unpaired) electrons. The maximum atomic E-state index is 13.3. The van der Waals surface area contributed by atoms with Crippen molar-refractivity contribution in [1.82, 2.24) is 4.98 Å². The van der Waals surface area contributed by atoms with Gasteiger partial charge in [0.2, 0.25) is 0 Å². The van der Waals surface area contributed by atoms with Crippen molar-refractivity contribution in [3.8, 4) is 0 Å². The molecule has 0 bridgehead atoms. The fourth-order valence-corrected chi connectivity index (χ4v) is 2.02. The summed E-state index contributed by atoms with van der Waals surface area (Å²) in [5.74, 6) is 0.0304. The van der Waals surface area contributed by atoms with Crippen molar-refractivity contribution in [1.29, 1.82) is 0 Å². The number of benzene rings is 1. The lowest BCUT2D eigenvalue weighted by molar-refractivity contribution is 0.0929. The molecule has 0 saturated heterocycles. The predicted octanol–water partition coefficient (Wildman–Crippen LogP) is 4.56.